The highest BCUT2D eigenvalue weighted by molar-refractivity contribution is 7.17. The van der Waals surface area contributed by atoms with E-state index in [1.807, 2.05) is 44.2 Å². The van der Waals surface area contributed by atoms with Crippen molar-refractivity contribution in [1.29, 1.82) is 0 Å². The van der Waals surface area contributed by atoms with E-state index < -0.39 is 5.97 Å². The van der Waals surface area contributed by atoms with Gasteiger partial charge >= 0.3 is 5.97 Å². The average Bonchev–Trinajstić information content (AvgIpc) is 2.95. The van der Waals surface area contributed by atoms with Crippen LogP contribution in [0.5, 0.6) is 0 Å². The molecule has 25 heavy (non-hydrogen) atoms. The number of nitrogens with one attached hydrogen (secondary N) is 1. The summed E-state index contributed by atoms with van der Waals surface area (Å²) >= 11 is 1.28. The number of thiophene rings is 1. The molecule has 2 N–H and O–H groups in total. The summed E-state index contributed by atoms with van der Waals surface area (Å²) in [5.41, 5.74) is 5.42. The van der Waals surface area contributed by atoms with Crippen LogP contribution in [-0.4, -0.2) is 11.1 Å². The second kappa shape index (κ2) is 8.49. The normalized spacial score (nSPS) is 12.2. The van der Waals surface area contributed by atoms with Gasteiger partial charge in [0, 0.05) is 16.3 Å². The van der Waals surface area contributed by atoms with Gasteiger partial charge in [0.1, 0.15) is 4.88 Å². The van der Waals surface area contributed by atoms with Gasteiger partial charge in [-0.3, -0.25) is 0 Å². The van der Waals surface area contributed by atoms with Gasteiger partial charge in [-0.15, -0.1) is 17.9 Å². The molecule has 0 unspecified atom stereocenters. The SMILES string of the molecule is C=C(C)C.C=C(Nc1ccc(-c2ccc(C(=O)O)s2)cc1)C1=CCC1. The summed E-state index contributed by atoms with van der Waals surface area (Å²) in [5.74, 6) is -0.880. The molecule has 1 aliphatic carbocycles. The maximum atomic E-state index is 10.9. The Morgan fingerprint density at radius 2 is 1.72 bits per heavy atom. The Balaban J connectivity index is 0.000000511. The summed E-state index contributed by atoms with van der Waals surface area (Å²) < 4.78 is 0. The fourth-order valence-corrected chi connectivity index (χ4v) is 2.99. The van der Waals surface area contributed by atoms with Crippen LogP contribution in [0.15, 0.2) is 72.5 Å². The lowest BCUT2D eigenvalue weighted by molar-refractivity contribution is 0.0702. The van der Waals surface area contributed by atoms with Gasteiger partial charge in [0.15, 0.2) is 0 Å². The van der Waals surface area contributed by atoms with Crippen molar-refractivity contribution in [3.05, 3.63) is 77.4 Å². The molecule has 0 saturated carbocycles. The molecule has 0 fully saturated rings. The average molecular weight is 353 g/mol. The lowest BCUT2D eigenvalue weighted by atomic mass is 9.96. The highest BCUT2D eigenvalue weighted by Crippen LogP contribution is 2.30. The van der Waals surface area contributed by atoms with Gasteiger partial charge in [-0.2, -0.15) is 0 Å². The van der Waals surface area contributed by atoms with Gasteiger partial charge in [-0.05, 0) is 62.1 Å². The molecule has 1 aromatic heterocycles. The molecular weight excluding hydrogens is 330 g/mol. The first-order valence-corrected chi connectivity index (χ1v) is 8.89. The Hall–Kier alpha value is -2.59. The van der Waals surface area contributed by atoms with Crippen molar-refractivity contribution in [2.75, 3.05) is 5.32 Å². The number of anilines is 1. The molecule has 0 atom stereocenters. The highest BCUT2D eigenvalue weighted by atomic mass is 32.1. The van der Waals surface area contributed by atoms with E-state index in [2.05, 4.69) is 24.6 Å². The number of allylic oxidation sites excluding steroid dienone is 3. The number of rotatable bonds is 5. The molecule has 2 aromatic rings. The number of aromatic carboxylic acids is 1. The van der Waals surface area contributed by atoms with Crippen LogP contribution < -0.4 is 5.32 Å². The third kappa shape index (κ3) is 5.47. The van der Waals surface area contributed by atoms with E-state index in [-0.39, 0.29) is 0 Å². The molecule has 0 saturated heterocycles. The van der Waals surface area contributed by atoms with Gasteiger partial charge in [0.25, 0.3) is 0 Å². The van der Waals surface area contributed by atoms with Crippen molar-refractivity contribution in [3.8, 4) is 10.4 Å². The maximum absolute atomic E-state index is 10.9. The summed E-state index contributed by atoms with van der Waals surface area (Å²) in [7, 11) is 0. The van der Waals surface area contributed by atoms with E-state index in [0.29, 0.717) is 4.88 Å². The van der Waals surface area contributed by atoms with Crippen LogP contribution in [-0.2, 0) is 0 Å². The number of hydrogen-bond acceptors (Lipinski definition) is 3. The number of carbonyl (C=O) groups is 1. The van der Waals surface area contributed by atoms with Crippen LogP contribution in [0.1, 0.15) is 36.4 Å². The lowest BCUT2D eigenvalue weighted by Crippen LogP contribution is -2.05. The molecule has 1 aliphatic rings. The van der Waals surface area contributed by atoms with Crippen molar-refractivity contribution in [3.63, 3.8) is 0 Å². The van der Waals surface area contributed by atoms with E-state index in [9.17, 15) is 4.79 Å². The quantitative estimate of drug-likeness (QED) is 0.616. The van der Waals surface area contributed by atoms with Gasteiger partial charge in [0.2, 0.25) is 0 Å². The zero-order valence-electron chi connectivity index (χ0n) is 14.6. The Labute approximate surface area is 153 Å². The molecule has 1 aromatic carbocycles. The van der Waals surface area contributed by atoms with E-state index in [4.69, 9.17) is 5.11 Å². The van der Waals surface area contributed by atoms with Crippen molar-refractivity contribution in [1.82, 2.24) is 0 Å². The molecule has 0 aliphatic heterocycles. The van der Waals surface area contributed by atoms with Crippen LogP contribution in [0.4, 0.5) is 5.69 Å². The van der Waals surface area contributed by atoms with Crippen LogP contribution in [0.3, 0.4) is 0 Å². The van der Waals surface area contributed by atoms with Crippen molar-refractivity contribution < 1.29 is 9.90 Å². The summed E-state index contributed by atoms with van der Waals surface area (Å²) in [6, 6.07) is 11.4. The third-order valence-electron chi connectivity index (χ3n) is 3.47. The lowest BCUT2D eigenvalue weighted by Gasteiger charge is -2.18. The minimum atomic E-state index is -0.880. The van der Waals surface area contributed by atoms with Crippen molar-refractivity contribution >= 4 is 23.0 Å². The second-order valence-corrected chi connectivity index (χ2v) is 7.21. The molecule has 3 nitrogen and oxygen atoms in total. The topological polar surface area (TPSA) is 49.3 Å². The Kier molecular flexibility index (Phi) is 6.37. The zero-order valence-corrected chi connectivity index (χ0v) is 15.5. The van der Waals surface area contributed by atoms with Gasteiger partial charge < -0.3 is 10.4 Å². The maximum Gasteiger partial charge on any atom is 0.345 e. The fraction of sp³-hybridized carbons (Fsp3) is 0.190. The molecule has 0 radical (unpaired) electrons. The standard InChI is InChI=1S/C17H15NO2S.C4H8/c1-11(12-3-2-4-12)18-14-7-5-13(6-8-14)15-9-10-16(21-15)17(19)20;1-4(2)3/h3,5-10,18H,1-2,4H2,(H,19,20);1H2,2-3H3. The van der Waals surface area contributed by atoms with Crippen LogP contribution in [0.2, 0.25) is 0 Å². The predicted octanol–water partition coefficient (Wildman–Crippen LogP) is 6.34. The van der Waals surface area contributed by atoms with Crippen LogP contribution in [0.25, 0.3) is 10.4 Å². The minimum absolute atomic E-state index is 0.359. The van der Waals surface area contributed by atoms with Gasteiger partial charge in [-0.1, -0.05) is 30.4 Å². The first-order valence-electron chi connectivity index (χ1n) is 8.08. The van der Waals surface area contributed by atoms with Crippen LogP contribution in [0, 0.1) is 0 Å². The molecule has 0 bridgehead atoms. The Bertz CT molecular complexity index is 809. The monoisotopic (exact) mass is 353 g/mol. The van der Waals surface area contributed by atoms with E-state index in [1.54, 1.807) is 6.07 Å². The summed E-state index contributed by atoms with van der Waals surface area (Å²) in [4.78, 5) is 12.2. The largest absolute Gasteiger partial charge is 0.477 e. The fourth-order valence-electron chi connectivity index (χ4n) is 2.14. The summed E-state index contributed by atoms with van der Waals surface area (Å²) in [6.07, 6.45) is 4.42. The molecule has 0 amide bonds. The smallest absolute Gasteiger partial charge is 0.345 e. The Morgan fingerprint density at radius 3 is 2.16 bits per heavy atom. The molecule has 130 valence electrons. The van der Waals surface area contributed by atoms with Crippen molar-refractivity contribution in [2.24, 2.45) is 0 Å². The minimum Gasteiger partial charge on any atom is -0.477 e. The molecule has 4 heteroatoms. The van der Waals surface area contributed by atoms with E-state index >= 15 is 0 Å². The second-order valence-electron chi connectivity index (χ2n) is 6.13. The zero-order chi connectivity index (χ0) is 18.4. The van der Waals surface area contributed by atoms with Crippen LogP contribution >= 0.6 is 11.3 Å². The molecule has 1 heterocycles. The predicted molar refractivity (Wildman–Crippen MR) is 107 cm³/mol. The van der Waals surface area contributed by atoms with Gasteiger partial charge in [0.05, 0.1) is 0 Å². The number of benzene rings is 1. The van der Waals surface area contributed by atoms with E-state index in [0.717, 1.165) is 34.7 Å². The number of carboxylic acids is 1. The molecule has 3 rings (SSSR count). The first-order chi connectivity index (χ1) is 11.9. The van der Waals surface area contributed by atoms with Crippen molar-refractivity contribution in [2.45, 2.75) is 26.7 Å². The highest BCUT2D eigenvalue weighted by Gasteiger charge is 2.10. The summed E-state index contributed by atoms with van der Waals surface area (Å²) in [5, 5.41) is 12.2. The van der Waals surface area contributed by atoms with E-state index in [1.165, 1.54) is 22.5 Å². The third-order valence-corrected chi connectivity index (χ3v) is 4.60. The number of hydrogen-bond donors (Lipinski definition) is 2. The molecular formula is C21H23NO2S. The Morgan fingerprint density at radius 1 is 1.12 bits per heavy atom. The summed E-state index contributed by atoms with van der Waals surface area (Å²) in [6.45, 7) is 11.5. The first kappa shape index (κ1) is 18.7. The van der Waals surface area contributed by atoms with Gasteiger partial charge in [-0.25, -0.2) is 4.79 Å². The molecule has 0 spiro atoms. The number of carboxylic acid groups (broad SMARTS) is 1.